The van der Waals surface area contributed by atoms with E-state index >= 15 is 0 Å². The van der Waals surface area contributed by atoms with Crippen molar-refractivity contribution < 1.29 is 4.74 Å². The van der Waals surface area contributed by atoms with Crippen molar-refractivity contribution in [3.63, 3.8) is 0 Å². The van der Waals surface area contributed by atoms with E-state index in [1.807, 2.05) is 0 Å². The Balaban J connectivity index is 2.72. The Labute approximate surface area is 124 Å². The van der Waals surface area contributed by atoms with Crippen molar-refractivity contribution in [1.82, 2.24) is 5.32 Å². The summed E-state index contributed by atoms with van der Waals surface area (Å²) in [5, 5.41) is 3.49. The van der Waals surface area contributed by atoms with Gasteiger partial charge in [-0.3, -0.25) is 0 Å². The van der Waals surface area contributed by atoms with Gasteiger partial charge in [-0.25, -0.2) is 0 Å². The molecule has 0 amide bonds. The van der Waals surface area contributed by atoms with Crippen molar-refractivity contribution in [3.05, 3.63) is 35.4 Å². The molecule has 0 spiro atoms. The van der Waals surface area contributed by atoms with Gasteiger partial charge in [0.2, 0.25) is 0 Å². The van der Waals surface area contributed by atoms with Gasteiger partial charge in [0.15, 0.2) is 0 Å². The van der Waals surface area contributed by atoms with Crippen LogP contribution in [0.3, 0.4) is 0 Å². The van der Waals surface area contributed by atoms with Crippen LogP contribution in [0.25, 0.3) is 0 Å². The molecule has 2 nitrogen and oxygen atoms in total. The zero-order chi connectivity index (χ0) is 15.0. The van der Waals surface area contributed by atoms with Gasteiger partial charge in [0.1, 0.15) is 0 Å². The number of hydrogen-bond donors (Lipinski definition) is 1. The third-order valence-corrected chi connectivity index (χ3v) is 3.49. The average Bonchev–Trinajstić information content (AvgIpc) is 2.37. The van der Waals surface area contributed by atoms with Gasteiger partial charge in [0, 0.05) is 6.54 Å². The molecule has 0 saturated heterocycles. The second-order valence-electron chi connectivity index (χ2n) is 6.13. The Morgan fingerprint density at radius 2 is 1.85 bits per heavy atom. The van der Waals surface area contributed by atoms with Crippen molar-refractivity contribution in [1.29, 1.82) is 0 Å². The molecule has 1 aromatic carbocycles. The topological polar surface area (TPSA) is 21.3 Å². The zero-order valence-corrected chi connectivity index (χ0v) is 13.8. The molecular weight excluding hydrogens is 246 g/mol. The van der Waals surface area contributed by atoms with Crippen LogP contribution in [0, 0.1) is 12.8 Å². The first-order chi connectivity index (χ1) is 9.54. The maximum Gasteiger partial charge on any atom is 0.0955 e. The summed E-state index contributed by atoms with van der Waals surface area (Å²) in [4.78, 5) is 0. The fourth-order valence-electron chi connectivity index (χ4n) is 2.59. The van der Waals surface area contributed by atoms with Crippen LogP contribution < -0.4 is 5.32 Å². The molecule has 20 heavy (non-hydrogen) atoms. The largest absolute Gasteiger partial charge is 0.369 e. The van der Waals surface area contributed by atoms with E-state index in [9.17, 15) is 0 Å². The third kappa shape index (κ3) is 6.06. The van der Waals surface area contributed by atoms with Gasteiger partial charge >= 0.3 is 0 Å². The Kier molecular flexibility index (Phi) is 7.86. The smallest absolute Gasteiger partial charge is 0.0955 e. The van der Waals surface area contributed by atoms with Crippen LogP contribution >= 0.6 is 0 Å². The lowest BCUT2D eigenvalue weighted by Gasteiger charge is -2.25. The highest BCUT2D eigenvalue weighted by Gasteiger charge is 2.17. The Morgan fingerprint density at radius 1 is 1.15 bits per heavy atom. The normalized spacial score (nSPS) is 14.5. The minimum Gasteiger partial charge on any atom is -0.369 e. The van der Waals surface area contributed by atoms with Crippen LogP contribution in [0.1, 0.15) is 57.8 Å². The first-order valence-corrected chi connectivity index (χ1v) is 7.96. The van der Waals surface area contributed by atoms with E-state index < -0.39 is 0 Å². The minimum absolute atomic E-state index is 0.150. The Bertz CT molecular complexity index is 375. The summed E-state index contributed by atoms with van der Waals surface area (Å²) in [6.45, 7) is 13.0. The van der Waals surface area contributed by atoms with Crippen LogP contribution in [-0.2, 0) is 4.74 Å². The van der Waals surface area contributed by atoms with E-state index in [0.717, 1.165) is 25.9 Å². The SMILES string of the molecule is CCCNCC(OC(C)CC(C)C)c1ccccc1C. The monoisotopic (exact) mass is 277 g/mol. The van der Waals surface area contributed by atoms with E-state index in [-0.39, 0.29) is 6.10 Å². The molecule has 0 heterocycles. The molecule has 0 fully saturated rings. The molecule has 2 unspecified atom stereocenters. The van der Waals surface area contributed by atoms with Crippen LogP contribution in [-0.4, -0.2) is 19.2 Å². The van der Waals surface area contributed by atoms with Crippen molar-refractivity contribution in [2.75, 3.05) is 13.1 Å². The molecule has 1 rings (SSSR count). The molecule has 0 aliphatic carbocycles. The van der Waals surface area contributed by atoms with Gasteiger partial charge in [-0.05, 0) is 50.3 Å². The first-order valence-electron chi connectivity index (χ1n) is 7.96. The van der Waals surface area contributed by atoms with Crippen molar-refractivity contribution in [2.45, 2.75) is 59.7 Å². The first kappa shape index (κ1) is 17.2. The van der Waals surface area contributed by atoms with Crippen LogP contribution in [0.15, 0.2) is 24.3 Å². The number of hydrogen-bond acceptors (Lipinski definition) is 2. The molecule has 0 radical (unpaired) electrons. The lowest BCUT2D eigenvalue weighted by Crippen LogP contribution is -2.27. The number of ether oxygens (including phenoxy) is 1. The summed E-state index contributed by atoms with van der Waals surface area (Å²) in [5.74, 6) is 0.672. The molecule has 0 saturated carbocycles. The van der Waals surface area contributed by atoms with Gasteiger partial charge in [-0.2, -0.15) is 0 Å². The van der Waals surface area contributed by atoms with E-state index in [0.29, 0.717) is 12.0 Å². The predicted molar refractivity (Wildman–Crippen MR) is 87.1 cm³/mol. The van der Waals surface area contributed by atoms with Gasteiger partial charge in [0.05, 0.1) is 12.2 Å². The Hall–Kier alpha value is -0.860. The maximum atomic E-state index is 6.31. The molecule has 114 valence electrons. The quantitative estimate of drug-likeness (QED) is 0.672. The molecule has 0 aromatic heterocycles. The number of aryl methyl sites for hydroxylation is 1. The summed E-state index contributed by atoms with van der Waals surface area (Å²) < 4.78 is 6.31. The average molecular weight is 277 g/mol. The summed E-state index contributed by atoms with van der Waals surface area (Å²) in [7, 11) is 0. The third-order valence-electron chi connectivity index (χ3n) is 3.49. The van der Waals surface area contributed by atoms with E-state index in [1.54, 1.807) is 0 Å². The van der Waals surface area contributed by atoms with Crippen LogP contribution in [0.2, 0.25) is 0 Å². The molecule has 2 heteroatoms. The Morgan fingerprint density at radius 3 is 2.45 bits per heavy atom. The summed E-state index contributed by atoms with van der Waals surface area (Å²) in [6.07, 6.45) is 2.71. The molecule has 0 aliphatic rings. The van der Waals surface area contributed by atoms with Gasteiger partial charge in [-0.15, -0.1) is 0 Å². The van der Waals surface area contributed by atoms with Gasteiger partial charge < -0.3 is 10.1 Å². The molecule has 2 atom stereocenters. The molecule has 0 aliphatic heterocycles. The second kappa shape index (κ2) is 9.15. The standard InChI is InChI=1S/C18H31NO/c1-6-11-19-13-18(20-16(5)12-14(2)3)17-10-8-7-9-15(17)4/h7-10,14,16,18-19H,6,11-13H2,1-5H3. The maximum absolute atomic E-state index is 6.31. The minimum atomic E-state index is 0.150. The number of rotatable bonds is 9. The molecule has 0 bridgehead atoms. The van der Waals surface area contributed by atoms with E-state index in [1.165, 1.54) is 11.1 Å². The van der Waals surface area contributed by atoms with E-state index in [4.69, 9.17) is 4.74 Å². The summed E-state index contributed by atoms with van der Waals surface area (Å²) in [5.41, 5.74) is 2.62. The van der Waals surface area contributed by atoms with Crippen LogP contribution in [0.4, 0.5) is 0 Å². The van der Waals surface area contributed by atoms with Crippen molar-refractivity contribution in [2.24, 2.45) is 5.92 Å². The number of benzene rings is 1. The highest BCUT2D eigenvalue weighted by molar-refractivity contribution is 5.28. The predicted octanol–water partition coefficient (Wildman–Crippen LogP) is 4.49. The van der Waals surface area contributed by atoms with Crippen molar-refractivity contribution >= 4 is 0 Å². The summed E-state index contributed by atoms with van der Waals surface area (Å²) in [6, 6.07) is 8.55. The van der Waals surface area contributed by atoms with Crippen molar-refractivity contribution in [3.8, 4) is 0 Å². The lowest BCUT2D eigenvalue weighted by atomic mass is 10.0. The highest BCUT2D eigenvalue weighted by Crippen LogP contribution is 2.24. The van der Waals surface area contributed by atoms with E-state index in [2.05, 4.69) is 64.2 Å². The fraction of sp³-hybridized carbons (Fsp3) is 0.667. The molecular formula is C18H31NO. The lowest BCUT2D eigenvalue weighted by molar-refractivity contribution is -0.0128. The molecule has 1 aromatic rings. The zero-order valence-electron chi connectivity index (χ0n) is 13.8. The fourth-order valence-corrected chi connectivity index (χ4v) is 2.59. The van der Waals surface area contributed by atoms with Gasteiger partial charge in [0.25, 0.3) is 0 Å². The van der Waals surface area contributed by atoms with Crippen LogP contribution in [0.5, 0.6) is 0 Å². The second-order valence-corrected chi connectivity index (χ2v) is 6.13. The summed E-state index contributed by atoms with van der Waals surface area (Å²) >= 11 is 0. The molecule has 1 N–H and O–H groups in total. The van der Waals surface area contributed by atoms with Gasteiger partial charge in [-0.1, -0.05) is 45.0 Å². The highest BCUT2D eigenvalue weighted by atomic mass is 16.5. The number of nitrogens with one attached hydrogen (secondary N) is 1.